The molecule has 1 N–H and O–H groups in total. The predicted molar refractivity (Wildman–Crippen MR) is 74.0 cm³/mol. The summed E-state index contributed by atoms with van der Waals surface area (Å²) in [7, 11) is 0. The van der Waals surface area contributed by atoms with Gasteiger partial charge in [0.05, 0.1) is 17.5 Å². The van der Waals surface area contributed by atoms with Crippen LogP contribution in [0, 0.1) is 5.41 Å². The lowest BCUT2D eigenvalue weighted by atomic mass is 9.63. The molecule has 1 saturated carbocycles. The molecule has 2 aliphatic heterocycles. The number of nitrogens with zero attached hydrogens (tertiary/aromatic N) is 2. The summed E-state index contributed by atoms with van der Waals surface area (Å²) in [6, 6.07) is 2.02. The predicted octanol–water partition coefficient (Wildman–Crippen LogP) is 1.58. The van der Waals surface area contributed by atoms with Gasteiger partial charge in [-0.05, 0) is 32.3 Å². The minimum atomic E-state index is 0.396. The molecule has 4 heteroatoms. The Hall–Kier alpha value is -1.42. The third kappa shape index (κ3) is 1.77. The fourth-order valence-electron chi connectivity index (χ4n) is 3.49. The first-order chi connectivity index (χ1) is 9.26. The molecule has 0 unspecified atom stereocenters. The van der Waals surface area contributed by atoms with Crippen molar-refractivity contribution in [3.8, 4) is 5.75 Å². The van der Waals surface area contributed by atoms with E-state index in [4.69, 9.17) is 4.74 Å². The highest BCUT2D eigenvalue weighted by Crippen LogP contribution is 2.46. The van der Waals surface area contributed by atoms with Gasteiger partial charge in [0.1, 0.15) is 5.75 Å². The van der Waals surface area contributed by atoms with E-state index in [9.17, 15) is 0 Å². The zero-order valence-corrected chi connectivity index (χ0v) is 11.3. The maximum atomic E-state index is 6.21. The van der Waals surface area contributed by atoms with Crippen molar-refractivity contribution in [3.63, 3.8) is 0 Å². The van der Waals surface area contributed by atoms with Crippen LogP contribution in [0.3, 0.4) is 0 Å². The van der Waals surface area contributed by atoms with Crippen LogP contribution < -0.4 is 10.1 Å². The molecule has 1 aromatic rings. The van der Waals surface area contributed by atoms with Crippen molar-refractivity contribution in [1.82, 2.24) is 10.3 Å². The van der Waals surface area contributed by atoms with Gasteiger partial charge in [0, 0.05) is 36.8 Å². The Kier molecular flexibility index (Phi) is 2.42. The van der Waals surface area contributed by atoms with Gasteiger partial charge in [0.2, 0.25) is 0 Å². The lowest BCUT2D eigenvalue weighted by molar-refractivity contribution is -0.0499. The molecule has 4 rings (SSSR count). The average molecular weight is 257 g/mol. The zero-order valence-electron chi connectivity index (χ0n) is 11.3. The van der Waals surface area contributed by atoms with E-state index in [1.54, 1.807) is 0 Å². The van der Waals surface area contributed by atoms with Crippen LogP contribution >= 0.6 is 0 Å². The van der Waals surface area contributed by atoms with Gasteiger partial charge < -0.3 is 10.1 Å². The highest BCUT2D eigenvalue weighted by Gasteiger charge is 2.49. The van der Waals surface area contributed by atoms with Crippen LogP contribution in [0.1, 0.15) is 31.0 Å². The first-order valence-corrected chi connectivity index (χ1v) is 7.12. The molecule has 3 aliphatic rings. The fourth-order valence-corrected chi connectivity index (χ4v) is 3.49. The summed E-state index contributed by atoms with van der Waals surface area (Å²) < 4.78 is 6.21. The first-order valence-electron chi connectivity index (χ1n) is 7.12. The van der Waals surface area contributed by atoms with Gasteiger partial charge in [-0.25, -0.2) is 0 Å². The largest absolute Gasteiger partial charge is 0.490 e. The van der Waals surface area contributed by atoms with Gasteiger partial charge in [-0.2, -0.15) is 0 Å². The van der Waals surface area contributed by atoms with Gasteiger partial charge >= 0.3 is 0 Å². The summed E-state index contributed by atoms with van der Waals surface area (Å²) in [6.07, 6.45) is 5.59. The molecular formula is C15H19N3O. The summed E-state index contributed by atoms with van der Waals surface area (Å²) in [5.74, 6) is 1.03. The van der Waals surface area contributed by atoms with Crippen molar-refractivity contribution in [2.75, 3.05) is 19.6 Å². The SMILES string of the molecule is CC1=NCCc2c(OC3CC4(CNC4)C3)ccnc21. The summed E-state index contributed by atoms with van der Waals surface area (Å²) in [5, 5.41) is 3.36. The van der Waals surface area contributed by atoms with Crippen molar-refractivity contribution >= 4 is 5.71 Å². The van der Waals surface area contributed by atoms with E-state index in [-0.39, 0.29) is 0 Å². The number of aliphatic imine (C=N–C) groups is 1. The molecule has 0 aromatic carbocycles. The Balaban J connectivity index is 1.53. The van der Waals surface area contributed by atoms with Crippen LogP contribution in [0.5, 0.6) is 5.75 Å². The van der Waals surface area contributed by atoms with Crippen LogP contribution in [0.25, 0.3) is 0 Å². The maximum absolute atomic E-state index is 6.21. The molecule has 1 spiro atoms. The number of hydrogen-bond acceptors (Lipinski definition) is 4. The topological polar surface area (TPSA) is 46.5 Å². The van der Waals surface area contributed by atoms with E-state index in [0.29, 0.717) is 11.5 Å². The maximum Gasteiger partial charge on any atom is 0.126 e. The van der Waals surface area contributed by atoms with E-state index in [1.807, 2.05) is 19.2 Å². The molecule has 0 atom stereocenters. The molecular weight excluding hydrogens is 238 g/mol. The third-order valence-electron chi connectivity index (χ3n) is 4.68. The van der Waals surface area contributed by atoms with Gasteiger partial charge in [-0.15, -0.1) is 0 Å². The smallest absolute Gasteiger partial charge is 0.126 e. The van der Waals surface area contributed by atoms with Crippen molar-refractivity contribution in [2.45, 2.75) is 32.3 Å². The molecule has 1 saturated heterocycles. The third-order valence-corrected chi connectivity index (χ3v) is 4.68. The number of rotatable bonds is 2. The second kappa shape index (κ2) is 4.04. The Morgan fingerprint density at radius 1 is 1.37 bits per heavy atom. The summed E-state index contributed by atoms with van der Waals surface area (Å²) in [4.78, 5) is 8.91. The molecule has 100 valence electrons. The van der Waals surface area contributed by atoms with Crippen LogP contribution in [0.2, 0.25) is 0 Å². The lowest BCUT2D eigenvalue weighted by Gasteiger charge is -2.53. The Morgan fingerprint density at radius 2 is 2.21 bits per heavy atom. The van der Waals surface area contributed by atoms with Crippen LogP contribution in [0.15, 0.2) is 17.3 Å². The molecule has 2 fully saturated rings. The van der Waals surface area contributed by atoms with Crippen molar-refractivity contribution in [3.05, 3.63) is 23.5 Å². The van der Waals surface area contributed by atoms with Gasteiger partial charge in [0.25, 0.3) is 0 Å². The van der Waals surface area contributed by atoms with E-state index in [1.165, 1.54) is 31.5 Å². The minimum Gasteiger partial charge on any atom is -0.490 e. The van der Waals surface area contributed by atoms with E-state index in [2.05, 4.69) is 15.3 Å². The van der Waals surface area contributed by atoms with E-state index >= 15 is 0 Å². The minimum absolute atomic E-state index is 0.396. The lowest BCUT2D eigenvalue weighted by Crippen LogP contribution is -2.62. The number of hydrogen-bond donors (Lipinski definition) is 1. The number of nitrogens with one attached hydrogen (secondary N) is 1. The van der Waals surface area contributed by atoms with Crippen LogP contribution in [-0.4, -0.2) is 36.4 Å². The first kappa shape index (κ1) is 11.4. The number of ether oxygens (including phenoxy) is 1. The monoisotopic (exact) mass is 257 g/mol. The van der Waals surface area contributed by atoms with Crippen LogP contribution in [-0.2, 0) is 6.42 Å². The van der Waals surface area contributed by atoms with Gasteiger partial charge in [-0.3, -0.25) is 9.98 Å². The fraction of sp³-hybridized carbons (Fsp3) is 0.600. The highest BCUT2D eigenvalue weighted by molar-refractivity contribution is 5.99. The van der Waals surface area contributed by atoms with E-state index < -0.39 is 0 Å². The highest BCUT2D eigenvalue weighted by atomic mass is 16.5. The summed E-state index contributed by atoms with van der Waals surface area (Å²) >= 11 is 0. The molecule has 19 heavy (non-hydrogen) atoms. The average Bonchev–Trinajstić information content (AvgIpc) is 2.32. The van der Waals surface area contributed by atoms with Crippen molar-refractivity contribution in [2.24, 2.45) is 10.4 Å². The molecule has 1 aromatic heterocycles. The second-order valence-electron chi connectivity index (χ2n) is 6.11. The number of fused-ring (bicyclic) bond motifs is 1. The number of pyridine rings is 1. The molecule has 4 nitrogen and oxygen atoms in total. The molecule has 0 bridgehead atoms. The summed E-state index contributed by atoms with van der Waals surface area (Å²) in [6.45, 7) is 5.24. The Labute approximate surface area is 113 Å². The van der Waals surface area contributed by atoms with Gasteiger partial charge in [-0.1, -0.05) is 0 Å². The second-order valence-corrected chi connectivity index (χ2v) is 6.11. The van der Waals surface area contributed by atoms with E-state index in [0.717, 1.165) is 30.1 Å². The van der Waals surface area contributed by atoms with Crippen molar-refractivity contribution < 1.29 is 4.74 Å². The number of aromatic nitrogens is 1. The molecule has 0 radical (unpaired) electrons. The van der Waals surface area contributed by atoms with Gasteiger partial charge in [0.15, 0.2) is 0 Å². The standard InChI is InChI=1S/C15H19N3O/c1-10-14-12(2-4-17-10)13(3-5-18-14)19-11-6-15(7-11)8-16-9-15/h3,5,11,16H,2,4,6-9H2,1H3. The van der Waals surface area contributed by atoms with Crippen LogP contribution in [0.4, 0.5) is 0 Å². The molecule has 0 amide bonds. The normalized spacial score (nSPS) is 24.2. The van der Waals surface area contributed by atoms with Crippen molar-refractivity contribution in [1.29, 1.82) is 0 Å². The molecule has 3 heterocycles. The quantitative estimate of drug-likeness (QED) is 0.875. The Morgan fingerprint density at radius 3 is 2.95 bits per heavy atom. The Bertz CT molecular complexity index is 540. The zero-order chi connectivity index (χ0) is 12.9. The summed E-state index contributed by atoms with van der Waals surface area (Å²) in [5.41, 5.74) is 3.89. The molecule has 1 aliphatic carbocycles.